The average Bonchev–Trinajstić information content (AvgIpc) is 3.06. The molecule has 0 aliphatic heterocycles. The van der Waals surface area contributed by atoms with Gasteiger partial charge in [0.15, 0.2) is 0 Å². The lowest BCUT2D eigenvalue weighted by Gasteiger charge is -2.19. The molecule has 0 fully saturated rings. The van der Waals surface area contributed by atoms with E-state index in [-0.39, 0.29) is 16.7 Å². The number of imidazole rings is 1. The third kappa shape index (κ3) is 5.16. The van der Waals surface area contributed by atoms with E-state index in [4.69, 9.17) is 9.72 Å². The zero-order chi connectivity index (χ0) is 21.7. The van der Waals surface area contributed by atoms with E-state index in [2.05, 4.69) is 23.3 Å². The van der Waals surface area contributed by atoms with Crippen LogP contribution >= 0.6 is 0 Å². The fourth-order valence-electron chi connectivity index (χ4n) is 3.59. The van der Waals surface area contributed by atoms with Gasteiger partial charge in [-0.2, -0.15) is 0 Å². The number of ether oxygens (including phenoxy) is 1. The summed E-state index contributed by atoms with van der Waals surface area (Å²) in [6.07, 6.45) is 0.791. The predicted octanol–water partition coefficient (Wildman–Crippen LogP) is 4.66. The second kappa shape index (κ2) is 9.71. The Labute approximate surface area is 177 Å². The van der Waals surface area contributed by atoms with Crippen LogP contribution in [0.3, 0.4) is 0 Å². The molecule has 0 unspecified atom stereocenters. The van der Waals surface area contributed by atoms with Gasteiger partial charge in [-0.25, -0.2) is 4.98 Å². The van der Waals surface area contributed by atoms with Crippen LogP contribution in [0.2, 0.25) is 0 Å². The van der Waals surface area contributed by atoms with Crippen molar-refractivity contribution in [2.24, 2.45) is 0 Å². The molecule has 0 amide bonds. The highest BCUT2D eigenvalue weighted by Gasteiger charge is 2.16. The smallest absolute Gasteiger partial charge is 0.271 e. The van der Waals surface area contributed by atoms with E-state index < -0.39 is 0 Å². The second-order valence-electron chi connectivity index (χ2n) is 7.62. The summed E-state index contributed by atoms with van der Waals surface area (Å²) in [5, 5.41) is 11.2. The van der Waals surface area contributed by atoms with Gasteiger partial charge >= 0.3 is 0 Å². The van der Waals surface area contributed by atoms with E-state index in [0.29, 0.717) is 11.9 Å². The first-order valence-corrected chi connectivity index (χ1v) is 10.5. The number of nitro benzene ring substituents is 1. The number of aromatic nitrogens is 2. The maximum atomic E-state index is 11.2. The van der Waals surface area contributed by atoms with Crippen LogP contribution in [-0.4, -0.2) is 45.1 Å². The molecule has 3 rings (SSSR count). The molecule has 7 nitrogen and oxygen atoms in total. The van der Waals surface area contributed by atoms with Crippen LogP contribution in [-0.2, 0) is 13.0 Å². The Morgan fingerprint density at radius 1 is 1.13 bits per heavy atom. The van der Waals surface area contributed by atoms with Gasteiger partial charge in [0.2, 0.25) is 0 Å². The molecule has 0 N–H and O–H groups in total. The molecule has 1 aromatic heterocycles. The van der Waals surface area contributed by atoms with Crippen molar-refractivity contribution < 1.29 is 9.66 Å². The van der Waals surface area contributed by atoms with E-state index >= 15 is 0 Å². The lowest BCUT2D eigenvalue weighted by molar-refractivity contribution is -0.384. The molecule has 3 aromatic rings. The van der Waals surface area contributed by atoms with Crippen molar-refractivity contribution in [1.82, 2.24) is 14.5 Å². The third-order valence-electron chi connectivity index (χ3n) is 5.21. The Balaban J connectivity index is 1.92. The second-order valence-corrected chi connectivity index (χ2v) is 7.62. The zero-order valence-corrected chi connectivity index (χ0v) is 18.2. The fraction of sp³-hybridized carbons (Fsp3) is 0.435. The van der Waals surface area contributed by atoms with Gasteiger partial charge in [0.05, 0.1) is 22.1 Å². The molecular formula is C23H30N4O3. The number of non-ortho nitro benzene ring substituents is 1. The van der Waals surface area contributed by atoms with Crippen molar-refractivity contribution in [3.8, 4) is 5.75 Å². The minimum Gasteiger partial charge on any atom is -0.491 e. The fourth-order valence-corrected chi connectivity index (χ4v) is 3.59. The summed E-state index contributed by atoms with van der Waals surface area (Å²) < 4.78 is 7.92. The van der Waals surface area contributed by atoms with E-state index in [9.17, 15) is 10.1 Å². The monoisotopic (exact) mass is 410 g/mol. The lowest BCUT2D eigenvalue weighted by atomic mass is 10.1. The SMILES string of the molecule is CCN(CC)CCn1c(Cc2ccc(OC(C)C)cc2)nc2cc([N+](=O)[O-])ccc21. The van der Waals surface area contributed by atoms with Crippen molar-refractivity contribution in [2.45, 2.75) is 46.8 Å². The third-order valence-corrected chi connectivity index (χ3v) is 5.21. The quantitative estimate of drug-likeness (QED) is 0.359. The highest BCUT2D eigenvalue weighted by molar-refractivity contribution is 5.78. The summed E-state index contributed by atoms with van der Waals surface area (Å²) in [6, 6.07) is 13.0. The van der Waals surface area contributed by atoms with Crippen molar-refractivity contribution in [2.75, 3.05) is 19.6 Å². The maximum absolute atomic E-state index is 11.2. The van der Waals surface area contributed by atoms with Crippen LogP contribution in [0.5, 0.6) is 5.75 Å². The van der Waals surface area contributed by atoms with Crippen LogP contribution in [0.25, 0.3) is 11.0 Å². The van der Waals surface area contributed by atoms with Gasteiger partial charge in [-0.15, -0.1) is 0 Å². The van der Waals surface area contributed by atoms with E-state index in [0.717, 1.165) is 48.8 Å². The largest absolute Gasteiger partial charge is 0.491 e. The predicted molar refractivity (Wildman–Crippen MR) is 119 cm³/mol. The highest BCUT2D eigenvalue weighted by Crippen LogP contribution is 2.24. The van der Waals surface area contributed by atoms with Gasteiger partial charge in [-0.1, -0.05) is 26.0 Å². The Hall–Kier alpha value is -2.93. The number of hydrogen-bond acceptors (Lipinski definition) is 5. The number of hydrogen-bond donors (Lipinski definition) is 0. The standard InChI is InChI=1S/C23H30N4O3/c1-5-25(6-2)13-14-26-22-12-9-19(27(28)29)16-21(22)24-23(26)15-18-7-10-20(11-8-18)30-17(3)4/h7-12,16-17H,5-6,13-15H2,1-4H3. The van der Waals surface area contributed by atoms with Crippen LogP contribution in [0, 0.1) is 10.1 Å². The van der Waals surface area contributed by atoms with Crippen LogP contribution < -0.4 is 4.74 Å². The number of fused-ring (bicyclic) bond motifs is 1. The number of nitro groups is 1. The molecule has 0 bridgehead atoms. The summed E-state index contributed by atoms with van der Waals surface area (Å²) in [4.78, 5) is 17.9. The summed E-state index contributed by atoms with van der Waals surface area (Å²) in [6.45, 7) is 12.0. The molecule has 0 spiro atoms. The molecule has 0 saturated heterocycles. The van der Waals surface area contributed by atoms with Crippen LogP contribution in [0.15, 0.2) is 42.5 Å². The van der Waals surface area contributed by atoms with Crippen LogP contribution in [0.4, 0.5) is 5.69 Å². The Morgan fingerprint density at radius 3 is 2.43 bits per heavy atom. The molecule has 7 heteroatoms. The first kappa shape index (κ1) is 21.8. The van der Waals surface area contributed by atoms with Gasteiger partial charge in [0, 0.05) is 31.6 Å². The number of benzene rings is 2. The summed E-state index contributed by atoms with van der Waals surface area (Å²) in [7, 11) is 0. The minimum atomic E-state index is -0.374. The van der Waals surface area contributed by atoms with Crippen LogP contribution in [0.1, 0.15) is 39.1 Å². The van der Waals surface area contributed by atoms with Gasteiger partial charge < -0.3 is 14.2 Å². The first-order chi connectivity index (χ1) is 14.4. The van der Waals surface area contributed by atoms with Crippen molar-refractivity contribution in [3.63, 3.8) is 0 Å². The van der Waals surface area contributed by atoms with Gasteiger partial charge in [0.25, 0.3) is 5.69 Å². The molecule has 0 saturated carbocycles. The molecule has 30 heavy (non-hydrogen) atoms. The molecular weight excluding hydrogens is 380 g/mol. The first-order valence-electron chi connectivity index (χ1n) is 10.5. The van der Waals surface area contributed by atoms with Crippen molar-refractivity contribution in [3.05, 3.63) is 64.0 Å². The van der Waals surface area contributed by atoms with E-state index in [1.54, 1.807) is 12.1 Å². The Morgan fingerprint density at radius 2 is 1.83 bits per heavy atom. The van der Waals surface area contributed by atoms with Gasteiger partial charge in [-0.05, 0) is 50.7 Å². The summed E-state index contributed by atoms with van der Waals surface area (Å²) in [5.41, 5.74) is 2.79. The van der Waals surface area contributed by atoms with Crippen molar-refractivity contribution >= 4 is 16.7 Å². The number of rotatable bonds is 10. The summed E-state index contributed by atoms with van der Waals surface area (Å²) >= 11 is 0. The summed E-state index contributed by atoms with van der Waals surface area (Å²) in [5.74, 6) is 1.76. The number of likely N-dealkylation sites (N-methyl/N-ethyl adjacent to an activating group) is 1. The molecule has 0 atom stereocenters. The molecule has 0 radical (unpaired) electrons. The molecule has 0 aliphatic carbocycles. The highest BCUT2D eigenvalue weighted by atomic mass is 16.6. The Bertz CT molecular complexity index is 992. The van der Waals surface area contributed by atoms with Gasteiger partial charge in [-0.3, -0.25) is 10.1 Å². The van der Waals surface area contributed by atoms with Gasteiger partial charge in [0.1, 0.15) is 11.6 Å². The zero-order valence-electron chi connectivity index (χ0n) is 18.2. The van der Waals surface area contributed by atoms with Crippen molar-refractivity contribution in [1.29, 1.82) is 0 Å². The lowest BCUT2D eigenvalue weighted by Crippen LogP contribution is -2.27. The van der Waals surface area contributed by atoms with E-state index in [1.165, 1.54) is 0 Å². The Kier molecular flexibility index (Phi) is 7.05. The topological polar surface area (TPSA) is 73.4 Å². The molecule has 160 valence electrons. The maximum Gasteiger partial charge on any atom is 0.271 e. The molecule has 1 heterocycles. The minimum absolute atomic E-state index is 0.0673. The number of nitrogens with zero attached hydrogens (tertiary/aromatic N) is 4. The normalized spacial score (nSPS) is 11.5. The van der Waals surface area contributed by atoms with E-state index in [1.807, 2.05) is 44.2 Å². The average molecular weight is 411 g/mol. The molecule has 2 aromatic carbocycles. The molecule has 0 aliphatic rings.